The van der Waals surface area contributed by atoms with Crippen molar-refractivity contribution in [3.05, 3.63) is 70.7 Å². The fourth-order valence-corrected chi connectivity index (χ4v) is 4.55. The van der Waals surface area contributed by atoms with Crippen LogP contribution in [0.1, 0.15) is 20.9 Å². The van der Waals surface area contributed by atoms with E-state index in [0.29, 0.717) is 5.56 Å². The summed E-state index contributed by atoms with van der Waals surface area (Å²) < 4.78 is 3.06. The van der Waals surface area contributed by atoms with Crippen molar-refractivity contribution in [3.8, 4) is 0 Å². The van der Waals surface area contributed by atoms with Crippen LogP contribution in [-0.4, -0.2) is 25.2 Å². The second-order valence-corrected chi connectivity index (χ2v) is 8.00. The minimum absolute atomic E-state index is 0.315. The van der Waals surface area contributed by atoms with Crippen LogP contribution in [0.15, 0.2) is 54.6 Å². The molecule has 140 valence electrons. The molecule has 0 aliphatic carbocycles. The van der Waals surface area contributed by atoms with Gasteiger partial charge in [0.05, 0.1) is 5.56 Å². The highest BCUT2D eigenvalue weighted by molar-refractivity contribution is 7.18. The Kier molecular flexibility index (Phi) is 4.61. The van der Waals surface area contributed by atoms with E-state index in [0.717, 1.165) is 20.8 Å². The van der Waals surface area contributed by atoms with E-state index in [1.54, 1.807) is 23.5 Å². The van der Waals surface area contributed by atoms with Crippen LogP contribution >= 0.6 is 11.3 Å². The van der Waals surface area contributed by atoms with Crippen molar-refractivity contribution in [2.24, 2.45) is 7.05 Å². The maximum atomic E-state index is 11.2. The van der Waals surface area contributed by atoms with Gasteiger partial charge in [0.1, 0.15) is 11.7 Å². The molecule has 0 fully saturated rings. The molecule has 1 N–H and O–H groups in total. The lowest BCUT2D eigenvalue weighted by atomic mass is 10.0. The number of anilines is 1. The summed E-state index contributed by atoms with van der Waals surface area (Å²) in [6, 6.07) is 18.0. The van der Waals surface area contributed by atoms with E-state index < -0.39 is 5.97 Å². The number of benzene rings is 3. The third-order valence-electron chi connectivity index (χ3n) is 4.94. The molecule has 0 saturated carbocycles. The molecule has 0 aliphatic rings. The fourth-order valence-electron chi connectivity index (χ4n) is 3.45. The Morgan fingerprint density at radius 3 is 2.50 bits per heavy atom. The number of carbonyl (C=O) groups is 1. The first-order chi connectivity index (χ1) is 13.5. The summed E-state index contributed by atoms with van der Waals surface area (Å²) in [5.41, 5.74) is 3.70. The Bertz CT molecular complexity index is 1240. The minimum Gasteiger partial charge on any atom is -0.478 e. The number of hydrogen-bond acceptors (Lipinski definition) is 3. The quantitative estimate of drug-likeness (QED) is 0.509. The molecule has 0 amide bonds. The van der Waals surface area contributed by atoms with Crippen LogP contribution in [0.3, 0.4) is 0 Å². The molecule has 0 saturated heterocycles. The van der Waals surface area contributed by atoms with Crippen LogP contribution in [0, 0.1) is 0 Å². The minimum atomic E-state index is -0.900. The summed E-state index contributed by atoms with van der Waals surface area (Å²) in [5.74, 6) is -0.900. The van der Waals surface area contributed by atoms with Crippen molar-refractivity contribution >= 4 is 56.1 Å². The number of hydrogen-bond donors (Lipinski definition) is 1. The maximum Gasteiger partial charge on any atom is 0.335 e. The molecule has 3 aromatic carbocycles. The monoisotopic (exact) mass is 389 g/mol. The van der Waals surface area contributed by atoms with E-state index in [4.69, 9.17) is 0 Å². The molecule has 0 radical (unpaired) electrons. The van der Waals surface area contributed by atoms with Gasteiger partial charge < -0.3 is 10.0 Å². The standard InChI is InChI=1S/C23H20N2O2S/c1-24(2)19-11-8-15(17-6-4-5-7-18(17)19)10-13-22-25(3)20-12-9-16(23(26)27)14-21(20)28-22/h4-14H,1-3H3/p+1. The smallest absolute Gasteiger partial charge is 0.335 e. The average molecular weight is 390 g/mol. The second kappa shape index (κ2) is 7.09. The molecule has 0 spiro atoms. The third-order valence-corrected chi connectivity index (χ3v) is 6.10. The van der Waals surface area contributed by atoms with E-state index in [9.17, 15) is 9.90 Å². The zero-order chi connectivity index (χ0) is 19.8. The second-order valence-electron chi connectivity index (χ2n) is 6.93. The number of rotatable bonds is 4. The van der Waals surface area contributed by atoms with Crippen LogP contribution in [0.4, 0.5) is 5.69 Å². The lowest BCUT2D eigenvalue weighted by molar-refractivity contribution is -0.642. The molecule has 5 heteroatoms. The molecule has 4 rings (SSSR count). The van der Waals surface area contributed by atoms with Crippen molar-refractivity contribution in [1.82, 2.24) is 0 Å². The highest BCUT2D eigenvalue weighted by Crippen LogP contribution is 2.30. The molecule has 0 bridgehead atoms. The van der Waals surface area contributed by atoms with Crippen molar-refractivity contribution in [3.63, 3.8) is 0 Å². The van der Waals surface area contributed by atoms with E-state index in [-0.39, 0.29) is 0 Å². The van der Waals surface area contributed by atoms with Gasteiger partial charge in [0, 0.05) is 37.3 Å². The van der Waals surface area contributed by atoms with Crippen LogP contribution in [0.5, 0.6) is 0 Å². The van der Waals surface area contributed by atoms with Gasteiger partial charge in [0.15, 0.2) is 0 Å². The van der Waals surface area contributed by atoms with Gasteiger partial charge in [-0.25, -0.2) is 4.79 Å². The normalized spacial score (nSPS) is 11.5. The summed E-state index contributed by atoms with van der Waals surface area (Å²) in [5, 5.41) is 12.7. The van der Waals surface area contributed by atoms with Gasteiger partial charge in [-0.15, -0.1) is 0 Å². The molecule has 0 unspecified atom stereocenters. The summed E-state index contributed by atoms with van der Waals surface area (Å²) >= 11 is 1.59. The van der Waals surface area contributed by atoms with Crippen LogP contribution in [-0.2, 0) is 7.05 Å². The molecule has 0 atom stereocenters. The number of carboxylic acids is 1. The summed E-state index contributed by atoms with van der Waals surface area (Å²) in [7, 11) is 6.12. The Labute approximate surface area is 167 Å². The van der Waals surface area contributed by atoms with Crippen LogP contribution in [0.25, 0.3) is 33.1 Å². The zero-order valence-electron chi connectivity index (χ0n) is 16.0. The molecule has 1 heterocycles. The Balaban J connectivity index is 1.78. The molecule has 28 heavy (non-hydrogen) atoms. The van der Waals surface area contributed by atoms with Gasteiger partial charge in [-0.3, -0.25) is 0 Å². The van der Waals surface area contributed by atoms with Crippen molar-refractivity contribution in [2.45, 2.75) is 0 Å². The first-order valence-electron chi connectivity index (χ1n) is 8.99. The van der Waals surface area contributed by atoms with Gasteiger partial charge in [-0.1, -0.05) is 41.7 Å². The lowest BCUT2D eigenvalue weighted by Gasteiger charge is -2.16. The Morgan fingerprint density at radius 1 is 1.04 bits per heavy atom. The molecular weight excluding hydrogens is 368 g/mol. The molecule has 4 aromatic rings. The number of carboxylic acid groups (broad SMARTS) is 1. The number of aromatic carboxylic acids is 1. The predicted octanol–water partition coefficient (Wildman–Crippen LogP) is 4.81. The summed E-state index contributed by atoms with van der Waals surface area (Å²) in [6.45, 7) is 0. The number of nitrogens with zero attached hydrogens (tertiary/aromatic N) is 2. The summed E-state index contributed by atoms with van der Waals surface area (Å²) in [6.07, 6.45) is 4.23. The fraction of sp³-hybridized carbons (Fsp3) is 0.130. The first kappa shape index (κ1) is 18.2. The molecule has 0 aliphatic heterocycles. The predicted molar refractivity (Wildman–Crippen MR) is 117 cm³/mol. The largest absolute Gasteiger partial charge is 0.478 e. The number of thiazole rings is 1. The summed E-state index contributed by atoms with van der Waals surface area (Å²) in [4.78, 5) is 13.4. The van der Waals surface area contributed by atoms with Gasteiger partial charge in [-0.05, 0) is 35.2 Å². The van der Waals surface area contributed by atoms with Gasteiger partial charge in [0.2, 0.25) is 5.52 Å². The number of fused-ring (bicyclic) bond motifs is 2. The lowest BCUT2D eigenvalue weighted by Crippen LogP contribution is -2.28. The topological polar surface area (TPSA) is 44.4 Å². The zero-order valence-corrected chi connectivity index (χ0v) is 16.8. The van der Waals surface area contributed by atoms with Crippen molar-refractivity contribution < 1.29 is 14.5 Å². The van der Waals surface area contributed by atoms with E-state index in [2.05, 4.69) is 72.1 Å². The maximum absolute atomic E-state index is 11.2. The SMILES string of the molecule is CN(C)c1ccc(/C=C/c2sc3cc(C(=O)O)ccc3[n+]2C)c2ccccc12. The van der Waals surface area contributed by atoms with Crippen molar-refractivity contribution in [1.29, 1.82) is 0 Å². The highest BCUT2D eigenvalue weighted by Gasteiger charge is 2.16. The van der Waals surface area contributed by atoms with Crippen LogP contribution in [0.2, 0.25) is 0 Å². The number of aryl methyl sites for hydroxylation is 1. The molecule has 1 aromatic heterocycles. The van der Waals surface area contributed by atoms with Crippen molar-refractivity contribution in [2.75, 3.05) is 19.0 Å². The van der Waals surface area contributed by atoms with E-state index in [1.807, 2.05) is 13.1 Å². The molecular formula is C23H21N2O2S+. The number of aromatic nitrogens is 1. The van der Waals surface area contributed by atoms with Gasteiger partial charge >= 0.3 is 5.97 Å². The van der Waals surface area contributed by atoms with Gasteiger partial charge in [-0.2, -0.15) is 4.57 Å². The first-order valence-corrected chi connectivity index (χ1v) is 9.80. The average Bonchev–Trinajstić information content (AvgIpc) is 3.01. The van der Waals surface area contributed by atoms with Crippen LogP contribution < -0.4 is 9.47 Å². The van der Waals surface area contributed by atoms with E-state index in [1.165, 1.54) is 16.5 Å². The third kappa shape index (κ3) is 3.14. The highest BCUT2D eigenvalue weighted by atomic mass is 32.1. The Hall–Kier alpha value is -3.18. The molecule has 4 nitrogen and oxygen atoms in total. The van der Waals surface area contributed by atoms with Gasteiger partial charge in [0.25, 0.3) is 5.01 Å². The van der Waals surface area contributed by atoms with E-state index >= 15 is 0 Å². The Morgan fingerprint density at radius 2 is 1.79 bits per heavy atom.